The Labute approximate surface area is 139 Å². The first-order chi connectivity index (χ1) is 10.4. The lowest BCUT2D eigenvalue weighted by atomic mass is 10.1. The summed E-state index contributed by atoms with van der Waals surface area (Å²) in [6.45, 7) is 13.9. The van der Waals surface area contributed by atoms with E-state index in [1.807, 2.05) is 48.6 Å². The number of alkyl carbamates (subject to hydrolysis) is 1. The minimum absolute atomic E-state index is 0.0800. The summed E-state index contributed by atoms with van der Waals surface area (Å²) >= 11 is 0. The third-order valence-electron chi connectivity index (χ3n) is 3.31. The van der Waals surface area contributed by atoms with E-state index >= 15 is 0 Å². The molecular weight excluding hydrogens is 296 g/mol. The van der Waals surface area contributed by atoms with Crippen LogP contribution < -0.4 is 10.6 Å². The predicted molar refractivity (Wildman–Crippen MR) is 90.5 cm³/mol. The SMILES string of the molecule is CN1CCN(C(=O)NC(C)(C)C)[C@@H](CNC(=O)OC(C)(C)C)C1. The van der Waals surface area contributed by atoms with Crippen molar-refractivity contribution in [2.75, 3.05) is 33.2 Å². The summed E-state index contributed by atoms with van der Waals surface area (Å²) in [5, 5.41) is 5.75. The van der Waals surface area contributed by atoms with Crippen LogP contribution >= 0.6 is 0 Å². The molecule has 1 fully saturated rings. The first kappa shape index (κ1) is 19.5. The number of likely N-dealkylation sites (N-methyl/N-ethyl adjacent to an activating group) is 1. The van der Waals surface area contributed by atoms with Gasteiger partial charge in [-0.05, 0) is 48.6 Å². The Bertz CT molecular complexity index is 426. The zero-order chi connectivity index (χ0) is 17.8. The van der Waals surface area contributed by atoms with E-state index in [4.69, 9.17) is 4.74 Å². The highest BCUT2D eigenvalue weighted by Crippen LogP contribution is 2.11. The molecule has 134 valence electrons. The van der Waals surface area contributed by atoms with Gasteiger partial charge in [0.25, 0.3) is 0 Å². The van der Waals surface area contributed by atoms with Gasteiger partial charge in [0.05, 0.1) is 6.04 Å². The average Bonchev–Trinajstić information content (AvgIpc) is 2.32. The number of carbonyl (C=O) groups is 2. The maximum Gasteiger partial charge on any atom is 0.407 e. The Morgan fingerprint density at radius 1 is 1.13 bits per heavy atom. The third-order valence-corrected chi connectivity index (χ3v) is 3.31. The van der Waals surface area contributed by atoms with Crippen LogP contribution in [0.1, 0.15) is 41.5 Å². The molecule has 1 saturated heterocycles. The van der Waals surface area contributed by atoms with Gasteiger partial charge in [0.2, 0.25) is 0 Å². The highest BCUT2D eigenvalue weighted by molar-refractivity contribution is 5.75. The molecule has 1 atom stereocenters. The molecule has 23 heavy (non-hydrogen) atoms. The van der Waals surface area contributed by atoms with E-state index in [1.165, 1.54) is 0 Å². The van der Waals surface area contributed by atoms with Crippen LogP contribution in [0.5, 0.6) is 0 Å². The van der Waals surface area contributed by atoms with Gasteiger partial charge in [-0.3, -0.25) is 0 Å². The summed E-state index contributed by atoms with van der Waals surface area (Å²) < 4.78 is 5.25. The molecule has 1 heterocycles. The molecule has 0 saturated carbocycles. The third kappa shape index (κ3) is 7.54. The van der Waals surface area contributed by atoms with E-state index in [0.29, 0.717) is 19.6 Å². The van der Waals surface area contributed by atoms with E-state index < -0.39 is 11.7 Å². The molecule has 0 aromatic rings. The number of rotatable bonds is 2. The van der Waals surface area contributed by atoms with Gasteiger partial charge in [0.15, 0.2) is 0 Å². The Hall–Kier alpha value is -1.50. The molecule has 0 aromatic carbocycles. The lowest BCUT2D eigenvalue weighted by molar-refractivity contribution is 0.0484. The van der Waals surface area contributed by atoms with Gasteiger partial charge in [-0.15, -0.1) is 0 Å². The van der Waals surface area contributed by atoms with Gasteiger partial charge in [0.1, 0.15) is 5.60 Å². The average molecular weight is 328 g/mol. The molecule has 1 aliphatic rings. The van der Waals surface area contributed by atoms with E-state index in [0.717, 1.165) is 6.54 Å². The molecular formula is C16H32N4O3. The Morgan fingerprint density at radius 2 is 1.74 bits per heavy atom. The van der Waals surface area contributed by atoms with Gasteiger partial charge in [-0.25, -0.2) is 9.59 Å². The molecule has 3 amide bonds. The second kappa shape index (κ2) is 7.38. The molecule has 0 aromatic heterocycles. The number of nitrogens with one attached hydrogen (secondary N) is 2. The van der Waals surface area contributed by atoms with Crippen molar-refractivity contribution in [1.82, 2.24) is 20.4 Å². The van der Waals surface area contributed by atoms with Crippen LogP contribution in [0.15, 0.2) is 0 Å². The fraction of sp³-hybridized carbons (Fsp3) is 0.875. The van der Waals surface area contributed by atoms with Gasteiger partial charge in [0, 0.05) is 31.7 Å². The number of piperazine rings is 1. The number of urea groups is 1. The van der Waals surface area contributed by atoms with Crippen LogP contribution in [0.25, 0.3) is 0 Å². The molecule has 0 radical (unpaired) electrons. The molecule has 0 unspecified atom stereocenters. The number of hydrogen-bond acceptors (Lipinski definition) is 4. The van der Waals surface area contributed by atoms with Crippen LogP contribution in [-0.2, 0) is 4.74 Å². The van der Waals surface area contributed by atoms with Crippen LogP contribution in [0, 0.1) is 0 Å². The van der Waals surface area contributed by atoms with Crippen molar-refractivity contribution < 1.29 is 14.3 Å². The Balaban J connectivity index is 2.63. The standard InChI is InChI=1S/C16H32N4O3/c1-15(2,3)18-13(21)20-9-8-19(7)11-12(20)10-17-14(22)23-16(4,5)6/h12H,8-11H2,1-7H3,(H,17,22)(H,18,21)/t12-/m0/s1. The quantitative estimate of drug-likeness (QED) is 0.808. The molecule has 0 spiro atoms. The Morgan fingerprint density at radius 3 is 2.26 bits per heavy atom. The first-order valence-corrected chi connectivity index (χ1v) is 8.11. The maximum absolute atomic E-state index is 12.5. The summed E-state index contributed by atoms with van der Waals surface area (Å²) in [5.74, 6) is 0. The summed E-state index contributed by atoms with van der Waals surface area (Å²) in [6.07, 6.45) is -0.457. The topological polar surface area (TPSA) is 73.9 Å². The molecule has 7 nitrogen and oxygen atoms in total. The predicted octanol–water partition coefficient (Wildman–Crippen LogP) is 1.64. The second-order valence-electron chi connectivity index (χ2n) is 8.17. The largest absolute Gasteiger partial charge is 0.444 e. The van der Waals surface area contributed by atoms with E-state index in [2.05, 4.69) is 15.5 Å². The molecule has 7 heteroatoms. The molecule has 1 aliphatic heterocycles. The number of carbonyl (C=O) groups excluding carboxylic acids is 2. The normalized spacial score (nSPS) is 20.1. The van der Waals surface area contributed by atoms with E-state index in [-0.39, 0.29) is 17.6 Å². The van der Waals surface area contributed by atoms with Crippen LogP contribution in [0.2, 0.25) is 0 Å². The van der Waals surface area contributed by atoms with Crippen molar-refractivity contribution in [3.05, 3.63) is 0 Å². The minimum Gasteiger partial charge on any atom is -0.444 e. The van der Waals surface area contributed by atoms with Gasteiger partial charge < -0.3 is 25.2 Å². The minimum atomic E-state index is -0.531. The lowest BCUT2D eigenvalue weighted by Gasteiger charge is -2.41. The Kier molecular flexibility index (Phi) is 6.27. The number of ether oxygens (including phenoxy) is 1. The molecule has 0 bridgehead atoms. The zero-order valence-electron chi connectivity index (χ0n) is 15.5. The van der Waals surface area contributed by atoms with Crippen molar-refractivity contribution in [2.24, 2.45) is 0 Å². The van der Waals surface area contributed by atoms with Crippen molar-refractivity contribution >= 4 is 12.1 Å². The van der Waals surface area contributed by atoms with Crippen molar-refractivity contribution in [3.8, 4) is 0 Å². The monoisotopic (exact) mass is 328 g/mol. The van der Waals surface area contributed by atoms with E-state index in [1.54, 1.807) is 4.90 Å². The lowest BCUT2D eigenvalue weighted by Crippen LogP contribution is -2.61. The molecule has 0 aliphatic carbocycles. The molecule has 1 rings (SSSR count). The van der Waals surface area contributed by atoms with Crippen molar-refractivity contribution in [2.45, 2.75) is 58.7 Å². The zero-order valence-corrected chi connectivity index (χ0v) is 15.5. The smallest absolute Gasteiger partial charge is 0.407 e. The summed E-state index contributed by atoms with van der Waals surface area (Å²) in [7, 11) is 2.01. The summed E-state index contributed by atoms with van der Waals surface area (Å²) in [6, 6.07) is -0.176. The fourth-order valence-electron chi connectivity index (χ4n) is 2.36. The number of nitrogens with zero attached hydrogens (tertiary/aromatic N) is 2. The highest BCUT2D eigenvalue weighted by atomic mass is 16.6. The van der Waals surface area contributed by atoms with E-state index in [9.17, 15) is 9.59 Å². The molecule has 2 N–H and O–H groups in total. The first-order valence-electron chi connectivity index (χ1n) is 8.11. The van der Waals surface area contributed by atoms with Crippen molar-refractivity contribution in [3.63, 3.8) is 0 Å². The maximum atomic E-state index is 12.5. The van der Waals surface area contributed by atoms with Crippen molar-refractivity contribution in [1.29, 1.82) is 0 Å². The summed E-state index contributed by atoms with van der Waals surface area (Å²) in [5.41, 5.74) is -0.819. The van der Waals surface area contributed by atoms with Gasteiger partial charge in [-0.1, -0.05) is 0 Å². The van der Waals surface area contributed by atoms with Crippen LogP contribution in [-0.4, -0.2) is 72.3 Å². The fourth-order valence-corrected chi connectivity index (χ4v) is 2.36. The van der Waals surface area contributed by atoms with Crippen LogP contribution in [0.3, 0.4) is 0 Å². The second-order valence-corrected chi connectivity index (χ2v) is 8.17. The van der Waals surface area contributed by atoms with Gasteiger partial charge in [-0.2, -0.15) is 0 Å². The number of hydrogen-bond donors (Lipinski definition) is 2. The number of amides is 3. The van der Waals surface area contributed by atoms with Gasteiger partial charge >= 0.3 is 12.1 Å². The van der Waals surface area contributed by atoms with Crippen LogP contribution in [0.4, 0.5) is 9.59 Å². The highest BCUT2D eigenvalue weighted by Gasteiger charge is 2.31. The summed E-state index contributed by atoms with van der Waals surface area (Å²) in [4.78, 5) is 28.2.